The lowest BCUT2D eigenvalue weighted by Gasteiger charge is -2.16. The van der Waals surface area contributed by atoms with Gasteiger partial charge in [0.25, 0.3) is 0 Å². The maximum Gasteiger partial charge on any atom is 0.333 e. The number of aliphatic carboxylic acids is 1. The summed E-state index contributed by atoms with van der Waals surface area (Å²) in [6.07, 6.45) is -0.550. The van der Waals surface area contributed by atoms with Crippen LogP contribution in [0, 0.1) is 0 Å². The number of hydrogen-bond acceptors (Lipinski definition) is 3. The second-order valence-electron chi connectivity index (χ2n) is 5.85. The summed E-state index contributed by atoms with van der Waals surface area (Å²) in [6, 6.07) is 27.6. The summed E-state index contributed by atoms with van der Waals surface area (Å²) in [6.45, 7) is 0.284. The van der Waals surface area contributed by atoms with Crippen molar-refractivity contribution < 1.29 is 14.6 Å². The lowest BCUT2D eigenvalue weighted by molar-refractivity contribution is -0.151. The first kappa shape index (κ1) is 18.2. The molecule has 3 aromatic carbocycles. The molecule has 0 saturated heterocycles. The number of ether oxygens (including phenoxy) is 1. The average Bonchev–Trinajstić information content (AvgIpc) is 2.68. The molecule has 4 heteroatoms. The van der Waals surface area contributed by atoms with Crippen LogP contribution in [0.15, 0.2) is 94.7 Å². The highest BCUT2D eigenvalue weighted by molar-refractivity contribution is 7.99. The molecule has 0 bridgehead atoms. The Morgan fingerprint density at radius 3 is 2.19 bits per heavy atom. The van der Waals surface area contributed by atoms with Gasteiger partial charge >= 0.3 is 5.97 Å². The van der Waals surface area contributed by atoms with E-state index in [0.717, 1.165) is 20.9 Å². The minimum absolute atomic E-state index is 0.284. The van der Waals surface area contributed by atoms with Gasteiger partial charge in [0.2, 0.25) is 0 Å². The molecular formula is C22H20O3S. The minimum Gasteiger partial charge on any atom is -0.479 e. The Morgan fingerprint density at radius 2 is 1.50 bits per heavy atom. The Kier molecular flexibility index (Phi) is 6.47. The standard InChI is InChI=1S/C22H20O3S/c23-22(24)20(25-16-17-9-3-1-4-10-17)15-18-11-7-8-14-21(18)26-19-12-5-2-6-13-19/h1-14,20H,15-16H2,(H,23,24)/t20-/m1/s1. The van der Waals surface area contributed by atoms with Crippen LogP contribution in [-0.4, -0.2) is 17.2 Å². The first-order valence-electron chi connectivity index (χ1n) is 8.41. The van der Waals surface area contributed by atoms with Crippen LogP contribution in [0.2, 0.25) is 0 Å². The lowest BCUT2D eigenvalue weighted by atomic mass is 10.1. The summed E-state index contributed by atoms with van der Waals surface area (Å²) < 4.78 is 5.69. The maximum atomic E-state index is 11.7. The fraction of sp³-hybridized carbons (Fsp3) is 0.136. The third-order valence-electron chi connectivity index (χ3n) is 3.92. The monoisotopic (exact) mass is 364 g/mol. The van der Waals surface area contributed by atoms with Crippen molar-refractivity contribution in [2.45, 2.75) is 28.9 Å². The Balaban J connectivity index is 1.72. The predicted molar refractivity (Wildman–Crippen MR) is 103 cm³/mol. The zero-order valence-electron chi connectivity index (χ0n) is 14.2. The summed E-state index contributed by atoms with van der Waals surface area (Å²) in [5, 5.41) is 9.56. The quantitative estimate of drug-likeness (QED) is 0.607. The zero-order chi connectivity index (χ0) is 18.2. The molecular weight excluding hydrogens is 344 g/mol. The van der Waals surface area contributed by atoms with Crippen molar-refractivity contribution in [3.8, 4) is 0 Å². The van der Waals surface area contributed by atoms with E-state index in [1.165, 1.54) is 0 Å². The highest BCUT2D eigenvalue weighted by Gasteiger charge is 2.20. The Labute approximate surface area is 157 Å². The number of benzene rings is 3. The van der Waals surface area contributed by atoms with Crippen LogP contribution < -0.4 is 0 Å². The smallest absolute Gasteiger partial charge is 0.333 e. The van der Waals surface area contributed by atoms with Crippen molar-refractivity contribution in [2.75, 3.05) is 0 Å². The first-order chi connectivity index (χ1) is 12.7. The number of carboxylic acids is 1. The van der Waals surface area contributed by atoms with Crippen molar-refractivity contribution in [1.29, 1.82) is 0 Å². The molecule has 3 aromatic rings. The molecule has 0 radical (unpaired) electrons. The lowest BCUT2D eigenvalue weighted by Crippen LogP contribution is -2.26. The number of hydrogen-bond donors (Lipinski definition) is 1. The Hall–Kier alpha value is -2.56. The molecule has 3 nitrogen and oxygen atoms in total. The molecule has 1 N–H and O–H groups in total. The molecule has 0 aliphatic carbocycles. The van der Waals surface area contributed by atoms with Gasteiger partial charge in [-0.05, 0) is 29.3 Å². The van der Waals surface area contributed by atoms with Gasteiger partial charge in [0, 0.05) is 16.2 Å². The minimum atomic E-state index is -0.944. The number of carbonyl (C=O) groups is 1. The Bertz CT molecular complexity index is 834. The first-order valence-corrected chi connectivity index (χ1v) is 9.23. The molecule has 26 heavy (non-hydrogen) atoms. The molecule has 132 valence electrons. The zero-order valence-corrected chi connectivity index (χ0v) is 15.1. The van der Waals surface area contributed by atoms with E-state index in [2.05, 4.69) is 0 Å². The van der Waals surface area contributed by atoms with Crippen molar-refractivity contribution in [3.63, 3.8) is 0 Å². The van der Waals surface area contributed by atoms with Crippen LogP contribution in [0.25, 0.3) is 0 Å². The highest BCUT2D eigenvalue weighted by Crippen LogP contribution is 2.31. The third-order valence-corrected chi connectivity index (χ3v) is 5.04. The van der Waals surface area contributed by atoms with E-state index in [0.29, 0.717) is 6.42 Å². The van der Waals surface area contributed by atoms with Gasteiger partial charge in [-0.15, -0.1) is 0 Å². The summed E-state index contributed by atoms with van der Waals surface area (Å²) >= 11 is 1.63. The van der Waals surface area contributed by atoms with Gasteiger partial charge in [-0.1, -0.05) is 78.5 Å². The van der Waals surface area contributed by atoms with E-state index >= 15 is 0 Å². The van der Waals surface area contributed by atoms with Gasteiger partial charge in [-0.3, -0.25) is 0 Å². The molecule has 0 saturated carbocycles. The van der Waals surface area contributed by atoms with E-state index in [1.807, 2.05) is 84.9 Å². The summed E-state index contributed by atoms with van der Waals surface area (Å²) in [5.74, 6) is -0.944. The van der Waals surface area contributed by atoms with Crippen molar-refractivity contribution in [2.24, 2.45) is 0 Å². The molecule has 0 aliphatic rings. The van der Waals surface area contributed by atoms with E-state index in [1.54, 1.807) is 11.8 Å². The number of carboxylic acid groups (broad SMARTS) is 1. The Morgan fingerprint density at radius 1 is 0.885 bits per heavy atom. The van der Waals surface area contributed by atoms with Crippen molar-refractivity contribution >= 4 is 17.7 Å². The van der Waals surface area contributed by atoms with Gasteiger partial charge in [-0.2, -0.15) is 0 Å². The van der Waals surface area contributed by atoms with Gasteiger partial charge in [0.15, 0.2) is 6.10 Å². The molecule has 1 atom stereocenters. The van der Waals surface area contributed by atoms with Crippen LogP contribution in [0.1, 0.15) is 11.1 Å². The molecule has 0 spiro atoms. The second-order valence-corrected chi connectivity index (χ2v) is 6.97. The largest absolute Gasteiger partial charge is 0.479 e. The van der Waals surface area contributed by atoms with Crippen LogP contribution >= 0.6 is 11.8 Å². The normalized spacial score (nSPS) is 11.8. The molecule has 0 aromatic heterocycles. The maximum absolute atomic E-state index is 11.7. The molecule has 0 amide bonds. The van der Waals surface area contributed by atoms with Crippen molar-refractivity contribution in [3.05, 3.63) is 96.1 Å². The van der Waals surface area contributed by atoms with Gasteiger partial charge in [0.05, 0.1) is 6.61 Å². The molecule has 0 fully saturated rings. The van der Waals surface area contributed by atoms with E-state index in [9.17, 15) is 9.90 Å². The fourth-order valence-corrected chi connectivity index (χ4v) is 3.55. The van der Waals surface area contributed by atoms with Gasteiger partial charge in [-0.25, -0.2) is 4.79 Å². The number of rotatable bonds is 8. The summed E-state index contributed by atoms with van der Waals surface area (Å²) in [5.41, 5.74) is 1.94. The fourth-order valence-electron chi connectivity index (χ4n) is 2.58. The summed E-state index contributed by atoms with van der Waals surface area (Å²) in [7, 11) is 0. The highest BCUT2D eigenvalue weighted by atomic mass is 32.2. The average molecular weight is 364 g/mol. The third kappa shape index (κ3) is 5.22. The van der Waals surface area contributed by atoms with Gasteiger partial charge in [0.1, 0.15) is 0 Å². The van der Waals surface area contributed by atoms with Gasteiger partial charge < -0.3 is 9.84 Å². The van der Waals surface area contributed by atoms with Crippen LogP contribution in [0.4, 0.5) is 0 Å². The topological polar surface area (TPSA) is 46.5 Å². The van der Waals surface area contributed by atoms with Crippen molar-refractivity contribution in [1.82, 2.24) is 0 Å². The van der Waals surface area contributed by atoms with E-state index in [-0.39, 0.29) is 6.61 Å². The van der Waals surface area contributed by atoms with Crippen LogP contribution in [0.5, 0.6) is 0 Å². The molecule has 0 unspecified atom stereocenters. The van der Waals surface area contributed by atoms with Crippen LogP contribution in [-0.2, 0) is 22.6 Å². The van der Waals surface area contributed by atoms with Crippen LogP contribution in [0.3, 0.4) is 0 Å². The predicted octanol–water partition coefficient (Wildman–Crippen LogP) is 5.05. The van der Waals surface area contributed by atoms with E-state index in [4.69, 9.17) is 4.74 Å². The SMILES string of the molecule is O=C(O)[C@@H](Cc1ccccc1Sc1ccccc1)OCc1ccccc1. The second kappa shape index (κ2) is 9.22. The molecule has 3 rings (SSSR count). The summed E-state index contributed by atoms with van der Waals surface area (Å²) in [4.78, 5) is 13.8. The molecule has 0 aliphatic heterocycles. The van der Waals surface area contributed by atoms with E-state index < -0.39 is 12.1 Å². The molecule has 0 heterocycles.